The number of pyridine rings is 1. The first-order chi connectivity index (χ1) is 7.90. The Labute approximate surface area is 95.9 Å². The van der Waals surface area contributed by atoms with Crippen LogP contribution in [0.2, 0.25) is 0 Å². The van der Waals surface area contributed by atoms with Crippen LogP contribution in [0.15, 0.2) is 43.0 Å². The Balaban J connectivity index is 1.96. The van der Waals surface area contributed by atoms with Gasteiger partial charge in [0.05, 0.1) is 0 Å². The summed E-state index contributed by atoms with van der Waals surface area (Å²) in [5, 5.41) is 3.54. The Hall–Kier alpha value is -1.61. The van der Waals surface area contributed by atoms with Gasteiger partial charge in [-0.1, -0.05) is 6.92 Å². The van der Waals surface area contributed by atoms with Crippen molar-refractivity contribution < 1.29 is 0 Å². The fraction of sp³-hybridized carbons (Fsp3) is 0.308. The molecule has 0 aromatic carbocycles. The molecule has 2 N–H and O–H groups in total. The maximum atomic E-state index is 4.04. The van der Waals surface area contributed by atoms with Crippen molar-refractivity contribution >= 4 is 0 Å². The molecule has 0 aliphatic heterocycles. The van der Waals surface area contributed by atoms with Gasteiger partial charge in [-0.2, -0.15) is 0 Å². The monoisotopic (exact) mass is 215 g/mol. The summed E-state index contributed by atoms with van der Waals surface area (Å²) in [6.45, 7) is 3.08. The summed E-state index contributed by atoms with van der Waals surface area (Å²) in [7, 11) is 0. The average molecular weight is 215 g/mol. The zero-order chi connectivity index (χ0) is 11.2. The van der Waals surface area contributed by atoms with E-state index in [9.17, 15) is 0 Å². The van der Waals surface area contributed by atoms with Crippen molar-refractivity contribution in [1.29, 1.82) is 0 Å². The molecular weight excluding hydrogens is 198 g/mol. The van der Waals surface area contributed by atoms with Gasteiger partial charge in [0, 0.05) is 37.4 Å². The molecule has 0 radical (unpaired) electrons. The number of aromatic amines is 1. The molecule has 2 heterocycles. The van der Waals surface area contributed by atoms with Crippen LogP contribution < -0.4 is 5.32 Å². The summed E-state index contributed by atoms with van der Waals surface area (Å²) in [5.74, 6) is 0. The van der Waals surface area contributed by atoms with Gasteiger partial charge in [-0.15, -0.1) is 0 Å². The van der Waals surface area contributed by atoms with Crippen LogP contribution >= 0.6 is 0 Å². The van der Waals surface area contributed by atoms with E-state index in [0.717, 1.165) is 13.0 Å². The van der Waals surface area contributed by atoms with E-state index in [2.05, 4.69) is 40.4 Å². The Bertz CT molecular complexity index is 394. The summed E-state index contributed by atoms with van der Waals surface area (Å²) < 4.78 is 0. The molecule has 0 bridgehead atoms. The number of nitrogens with zero attached hydrogens (tertiary/aromatic N) is 1. The Morgan fingerprint density at radius 2 is 2.12 bits per heavy atom. The topological polar surface area (TPSA) is 40.7 Å². The van der Waals surface area contributed by atoms with Crippen LogP contribution in [0.5, 0.6) is 0 Å². The smallest absolute Gasteiger partial charge is 0.0321 e. The Kier molecular flexibility index (Phi) is 3.72. The van der Waals surface area contributed by atoms with E-state index in [0.29, 0.717) is 6.04 Å². The van der Waals surface area contributed by atoms with Crippen LogP contribution in [-0.4, -0.2) is 9.97 Å². The molecule has 3 nitrogen and oxygen atoms in total. The van der Waals surface area contributed by atoms with E-state index in [1.807, 2.05) is 24.8 Å². The summed E-state index contributed by atoms with van der Waals surface area (Å²) in [4.78, 5) is 7.10. The third-order valence-electron chi connectivity index (χ3n) is 2.73. The Morgan fingerprint density at radius 3 is 2.75 bits per heavy atom. The maximum Gasteiger partial charge on any atom is 0.0321 e. The molecule has 0 amide bonds. The van der Waals surface area contributed by atoms with E-state index in [1.165, 1.54) is 11.1 Å². The molecule has 0 aliphatic carbocycles. The van der Waals surface area contributed by atoms with Gasteiger partial charge in [0.1, 0.15) is 0 Å². The Morgan fingerprint density at radius 1 is 1.31 bits per heavy atom. The van der Waals surface area contributed by atoms with Crippen LogP contribution in [0.4, 0.5) is 0 Å². The average Bonchev–Trinajstić information content (AvgIpc) is 2.84. The minimum Gasteiger partial charge on any atom is -0.367 e. The minimum atomic E-state index is 0.401. The number of H-pyrrole nitrogens is 1. The molecule has 16 heavy (non-hydrogen) atoms. The SMILES string of the molecule is CCC(NCc1cc[nH]c1)c1ccncc1. The molecule has 2 aromatic rings. The third-order valence-corrected chi connectivity index (χ3v) is 2.73. The summed E-state index contributed by atoms with van der Waals surface area (Å²) in [6, 6.07) is 6.63. The second kappa shape index (κ2) is 5.47. The zero-order valence-corrected chi connectivity index (χ0v) is 9.48. The number of rotatable bonds is 5. The van der Waals surface area contributed by atoms with Crippen molar-refractivity contribution in [3.8, 4) is 0 Å². The van der Waals surface area contributed by atoms with Crippen LogP contribution in [0.1, 0.15) is 30.5 Å². The first kappa shape index (κ1) is 10.9. The lowest BCUT2D eigenvalue weighted by Crippen LogP contribution is -2.19. The van der Waals surface area contributed by atoms with Crippen molar-refractivity contribution in [3.63, 3.8) is 0 Å². The maximum absolute atomic E-state index is 4.04. The largest absolute Gasteiger partial charge is 0.367 e. The van der Waals surface area contributed by atoms with Gasteiger partial charge in [0.2, 0.25) is 0 Å². The summed E-state index contributed by atoms with van der Waals surface area (Å²) in [6.07, 6.45) is 8.73. The molecule has 3 heteroatoms. The second-order valence-corrected chi connectivity index (χ2v) is 3.84. The van der Waals surface area contributed by atoms with Crippen molar-refractivity contribution in [2.45, 2.75) is 25.9 Å². The van der Waals surface area contributed by atoms with Gasteiger partial charge in [0.15, 0.2) is 0 Å². The first-order valence-electron chi connectivity index (χ1n) is 5.65. The number of aromatic nitrogens is 2. The van der Waals surface area contributed by atoms with Crippen molar-refractivity contribution in [2.24, 2.45) is 0 Å². The predicted octanol–water partition coefficient (Wildman–Crippen LogP) is 2.65. The van der Waals surface area contributed by atoms with E-state index < -0.39 is 0 Å². The van der Waals surface area contributed by atoms with Gasteiger partial charge >= 0.3 is 0 Å². The normalized spacial score (nSPS) is 12.6. The van der Waals surface area contributed by atoms with Crippen LogP contribution in [0, 0.1) is 0 Å². The summed E-state index contributed by atoms with van der Waals surface area (Å²) >= 11 is 0. The fourth-order valence-electron chi connectivity index (χ4n) is 1.80. The zero-order valence-electron chi connectivity index (χ0n) is 9.48. The summed E-state index contributed by atoms with van der Waals surface area (Å²) in [5.41, 5.74) is 2.58. The lowest BCUT2D eigenvalue weighted by molar-refractivity contribution is 0.519. The van der Waals surface area contributed by atoms with Crippen LogP contribution in [0.3, 0.4) is 0 Å². The van der Waals surface area contributed by atoms with Crippen molar-refractivity contribution in [1.82, 2.24) is 15.3 Å². The highest BCUT2D eigenvalue weighted by atomic mass is 14.9. The fourth-order valence-corrected chi connectivity index (χ4v) is 1.80. The molecule has 2 rings (SSSR count). The van der Waals surface area contributed by atoms with Gasteiger partial charge < -0.3 is 10.3 Å². The highest BCUT2D eigenvalue weighted by molar-refractivity contribution is 5.15. The van der Waals surface area contributed by atoms with Gasteiger partial charge in [-0.3, -0.25) is 4.98 Å². The number of nitrogens with one attached hydrogen (secondary N) is 2. The minimum absolute atomic E-state index is 0.401. The van der Waals surface area contributed by atoms with Crippen molar-refractivity contribution in [3.05, 3.63) is 54.1 Å². The lowest BCUT2D eigenvalue weighted by atomic mass is 10.1. The lowest BCUT2D eigenvalue weighted by Gasteiger charge is -2.16. The molecular formula is C13H17N3. The molecule has 0 saturated heterocycles. The highest BCUT2D eigenvalue weighted by Gasteiger charge is 2.07. The highest BCUT2D eigenvalue weighted by Crippen LogP contribution is 2.15. The molecule has 0 fully saturated rings. The van der Waals surface area contributed by atoms with Crippen molar-refractivity contribution in [2.75, 3.05) is 0 Å². The van der Waals surface area contributed by atoms with E-state index in [1.54, 1.807) is 0 Å². The quantitative estimate of drug-likeness (QED) is 0.805. The van der Waals surface area contributed by atoms with Gasteiger partial charge in [-0.05, 0) is 35.7 Å². The van der Waals surface area contributed by atoms with Crippen LogP contribution in [-0.2, 0) is 6.54 Å². The predicted molar refractivity (Wildman–Crippen MR) is 64.9 cm³/mol. The molecule has 0 aliphatic rings. The molecule has 0 spiro atoms. The van der Waals surface area contributed by atoms with Gasteiger partial charge in [0.25, 0.3) is 0 Å². The molecule has 0 saturated carbocycles. The first-order valence-corrected chi connectivity index (χ1v) is 5.65. The van der Waals surface area contributed by atoms with Crippen LogP contribution in [0.25, 0.3) is 0 Å². The molecule has 2 aromatic heterocycles. The second-order valence-electron chi connectivity index (χ2n) is 3.84. The van der Waals surface area contributed by atoms with Gasteiger partial charge in [-0.25, -0.2) is 0 Å². The number of hydrogen-bond donors (Lipinski definition) is 2. The molecule has 1 atom stereocenters. The third kappa shape index (κ3) is 2.70. The standard InChI is InChI=1S/C13H17N3/c1-2-13(12-4-7-14-8-5-12)16-10-11-3-6-15-9-11/h3-9,13,15-16H,2,10H2,1H3. The van der Waals surface area contributed by atoms with E-state index in [-0.39, 0.29) is 0 Å². The molecule has 84 valence electrons. The number of hydrogen-bond acceptors (Lipinski definition) is 2. The van der Waals surface area contributed by atoms with E-state index >= 15 is 0 Å². The van der Waals surface area contributed by atoms with E-state index in [4.69, 9.17) is 0 Å². The molecule has 1 unspecified atom stereocenters.